The lowest BCUT2D eigenvalue weighted by Gasteiger charge is -2.17. The summed E-state index contributed by atoms with van der Waals surface area (Å²) < 4.78 is 0. The van der Waals surface area contributed by atoms with Gasteiger partial charge in [0.1, 0.15) is 0 Å². The predicted octanol–water partition coefficient (Wildman–Crippen LogP) is 4.28. The number of nitro groups is 1. The van der Waals surface area contributed by atoms with Gasteiger partial charge in [0.15, 0.2) is 0 Å². The van der Waals surface area contributed by atoms with E-state index in [-0.39, 0.29) is 18.1 Å². The van der Waals surface area contributed by atoms with E-state index in [4.69, 9.17) is 23.2 Å². The third-order valence-corrected chi connectivity index (χ3v) is 4.28. The van der Waals surface area contributed by atoms with Gasteiger partial charge in [-0.1, -0.05) is 29.3 Å². The first-order valence-corrected chi connectivity index (χ1v) is 8.19. The summed E-state index contributed by atoms with van der Waals surface area (Å²) >= 11 is 11.9. The number of likely N-dealkylation sites (N-methyl/N-ethyl adjacent to an activating group) is 1. The van der Waals surface area contributed by atoms with Crippen molar-refractivity contribution in [3.63, 3.8) is 0 Å². The van der Waals surface area contributed by atoms with Gasteiger partial charge in [-0.3, -0.25) is 19.8 Å². The van der Waals surface area contributed by atoms with Crippen molar-refractivity contribution in [1.82, 2.24) is 4.90 Å². The molecular formula is C17H17Cl2N3O3. The largest absolute Gasteiger partial charge is 0.325 e. The number of carbonyl (C=O) groups is 1. The molecule has 2 aromatic rings. The minimum atomic E-state index is -0.469. The van der Waals surface area contributed by atoms with Gasteiger partial charge in [-0.25, -0.2) is 0 Å². The number of nitrogens with zero attached hydrogens (tertiary/aromatic N) is 2. The molecule has 0 fully saturated rings. The number of halogens is 2. The maximum atomic E-state index is 12.2. The molecule has 0 heterocycles. The lowest BCUT2D eigenvalue weighted by atomic mass is 10.2. The van der Waals surface area contributed by atoms with Gasteiger partial charge in [-0.2, -0.15) is 0 Å². The van der Waals surface area contributed by atoms with Crippen LogP contribution in [0.4, 0.5) is 11.4 Å². The Kier molecular flexibility index (Phi) is 6.36. The number of hydrogen-bond donors (Lipinski definition) is 1. The van der Waals surface area contributed by atoms with Crippen LogP contribution in [-0.2, 0) is 11.3 Å². The van der Waals surface area contributed by atoms with Crippen molar-refractivity contribution in [2.45, 2.75) is 13.5 Å². The van der Waals surface area contributed by atoms with Crippen LogP contribution in [0.3, 0.4) is 0 Å². The monoisotopic (exact) mass is 381 g/mol. The number of hydrogen-bond acceptors (Lipinski definition) is 4. The Labute approximate surface area is 155 Å². The molecule has 0 aliphatic carbocycles. The summed E-state index contributed by atoms with van der Waals surface area (Å²) in [7, 11) is 1.81. The summed E-state index contributed by atoms with van der Waals surface area (Å²) in [5, 5.41) is 14.5. The normalized spacial score (nSPS) is 10.8. The summed E-state index contributed by atoms with van der Waals surface area (Å²) in [6.07, 6.45) is 0. The molecule has 8 heteroatoms. The van der Waals surface area contributed by atoms with E-state index in [1.54, 1.807) is 19.1 Å². The Balaban J connectivity index is 1.95. The standard InChI is InChI=1S/C17H17Cl2N3O3/c1-11-7-13(22(24)25)4-6-16(11)20-17(23)10-21(2)9-12-3-5-14(18)15(19)8-12/h3-8H,9-10H2,1-2H3,(H,20,23). The van der Waals surface area contributed by atoms with E-state index in [1.165, 1.54) is 18.2 Å². The zero-order valence-electron chi connectivity index (χ0n) is 13.8. The number of amides is 1. The van der Waals surface area contributed by atoms with Gasteiger partial charge in [-0.05, 0) is 43.3 Å². The zero-order valence-corrected chi connectivity index (χ0v) is 15.3. The number of nitrogens with one attached hydrogen (secondary N) is 1. The molecule has 0 aliphatic rings. The molecule has 0 radical (unpaired) electrons. The average molecular weight is 382 g/mol. The van der Waals surface area contributed by atoms with Crippen molar-refractivity contribution in [3.05, 3.63) is 67.7 Å². The number of carbonyl (C=O) groups excluding carboxylic acids is 1. The molecule has 1 amide bonds. The summed E-state index contributed by atoms with van der Waals surface area (Å²) in [5.41, 5.74) is 2.12. The quantitative estimate of drug-likeness (QED) is 0.598. The molecule has 2 aromatic carbocycles. The van der Waals surface area contributed by atoms with Crippen molar-refractivity contribution >= 4 is 40.5 Å². The van der Waals surface area contributed by atoms with Crippen molar-refractivity contribution in [3.8, 4) is 0 Å². The molecule has 6 nitrogen and oxygen atoms in total. The molecule has 0 aliphatic heterocycles. The number of nitro benzene ring substituents is 1. The van der Waals surface area contributed by atoms with Crippen LogP contribution < -0.4 is 5.32 Å². The van der Waals surface area contributed by atoms with Gasteiger partial charge in [0, 0.05) is 24.4 Å². The minimum Gasteiger partial charge on any atom is -0.325 e. The zero-order chi connectivity index (χ0) is 18.6. The van der Waals surface area contributed by atoms with Crippen LogP contribution in [0.15, 0.2) is 36.4 Å². The summed E-state index contributed by atoms with van der Waals surface area (Å²) in [6, 6.07) is 9.65. The fraction of sp³-hybridized carbons (Fsp3) is 0.235. The second-order valence-corrected chi connectivity index (χ2v) is 6.54. The highest BCUT2D eigenvalue weighted by Gasteiger charge is 2.12. The fourth-order valence-corrected chi connectivity index (χ4v) is 2.66. The predicted molar refractivity (Wildman–Crippen MR) is 99.3 cm³/mol. The highest BCUT2D eigenvalue weighted by Crippen LogP contribution is 2.23. The van der Waals surface area contributed by atoms with Crippen molar-refractivity contribution in [2.75, 3.05) is 18.9 Å². The third-order valence-electron chi connectivity index (χ3n) is 3.54. The Morgan fingerprint density at radius 1 is 1.20 bits per heavy atom. The maximum absolute atomic E-state index is 12.2. The van der Waals surface area contributed by atoms with Crippen molar-refractivity contribution in [1.29, 1.82) is 0 Å². The van der Waals surface area contributed by atoms with Gasteiger partial charge in [0.05, 0.1) is 21.5 Å². The second kappa shape index (κ2) is 8.29. The van der Waals surface area contributed by atoms with E-state index in [0.717, 1.165) is 5.56 Å². The maximum Gasteiger partial charge on any atom is 0.269 e. The molecular weight excluding hydrogens is 365 g/mol. The number of aryl methyl sites for hydroxylation is 1. The highest BCUT2D eigenvalue weighted by molar-refractivity contribution is 6.42. The van der Waals surface area contributed by atoms with Crippen LogP contribution >= 0.6 is 23.2 Å². The van der Waals surface area contributed by atoms with Crippen LogP contribution in [-0.4, -0.2) is 29.3 Å². The third kappa shape index (κ3) is 5.42. The average Bonchev–Trinajstić information content (AvgIpc) is 2.52. The number of benzene rings is 2. The molecule has 0 spiro atoms. The van der Waals surface area contributed by atoms with Crippen LogP contribution in [0.2, 0.25) is 10.0 Å². The molecule has 0 saturated heterocycles. The molecule has 0 aromatic heterocycles. The van der Waals surface area contributed by atoms with Gasteiger partial charge in [0.2, 0.25) is 5.91 Å². The smallest absolute Gasteiger partial charge is 0.269 e. The van der Waals surface area contributed by atoms with Crippen LogP contribution in [0.1, 0.15) is 11.1 Å². The van der Waals surface area contributed by atoms with E-state index in [0.29, 0.717) is 27.8 Å². The Morgan fingerprint density at radius 3 is 2.52 bits per heavy atom. The number of rotatable bonds is 6. The van der Waals surface area contributed by atoms with E-state index in [2.05, 4.69) is 5.32 Å². The van der Waals surface area contributed by atoms with Crippen LogP contribution in [0, 0.1) is 17.0 Å². The first kappa shape index (κ1) is 19.2. The van der Waals surface area contributed by atoms with Crippen LogP contribution in [0.5, 0.6) is 0 Å². The van der Waals surface area contributed by atoms with E-state index in [1.807, 2.05) is 18.0 Å². The number of non-ortho nitro benzene ring substituents is 1. The summed E-state index contributed by atoms with van der Waals surface area (Å²) in [5.74, 6) is -0.209. The molecule has 132 valence electrons. The topological polar surface area (TPSA) is 75.5 Å². The Bertz CT molecular complexity index is 812. The first-order chi connectivity index (χ1) is 11.8. The molecule has 0 atom stereocenters. The molecule has 0 unspecified atom stereocenters. The Morgan fingerprint density at radius 2 is 1.92 bits per heavy atom. The van der Waals surface area contributed by atoms with Crippen LogP contribution in [0.25, 0.3) is 0 Å². The van der Waals surface area contributed by atoms with Crippen molar-refractivity contribution < 1.29 is 9.72 Å². The second-order valence-electron chi connectivity index (χ2n) is 5.73. The first-order valence-electron chi connectivity index (χ1n) is 7.43. The van der Waals surface area contributed by atoms with Gasteiger partial charge in [0.25, 0.3) is 5.69 Å². The summed E-state index contributed by atoms with van der Waals surface area (Å²) in [6.45, 7) is 2.41. The minimum absolute atomic E-state index is 0.00719. The van der Waals surface area contributed by atoms with Gasteiger partial charge >= 0.3 is 0 Å². The summed E-state index contributed by atoms with van der Waals surface area (Å²) in [4.78, 5) is 24.3. The lowest BCUT2D eigenvalue weighted by Crippen LogP contribution is -2.30. The van der Waals surface area contributed by atoms with Crippen molar-refractivity contribution in [2.24, 2.45) is 0 Å². The van der Waals surface area contributed by atoms with E-state index < -0.39 is 4.92 Å². The molecule has 0 bridgehead atoms. The lowest BCUT2D eigenvalue weighted by molar-refractivity contribution is -0.384. The van der Waals surface area contributed by atoms with Gasteiger partial charge in [-0.15, -0.1) is 0 Å². The highest BCUT2D eigenvalue weighted by atomic mass is 35.5. The fourth-order valence-electron chi connectivity index (χ4n) is 2.34. The number of anilines is 1. The molecule has 2 rings (SSSR count). The van der Waals surface area contributed by atoms with E-state index >= 15 is 0 Å². The Hall–Kier alpha value is -2.15. The van der Waals surface area contributed by atoms with Gasteiger partial charge < -0.3 is 5.32 Å². The molecule has 1 N–H and O–H groups in total. The van der Waals surface area contributed by atoms with E-state index in [9.17, 15) is 14.9 Å². The molecule has 0 saturated carbocycles. The SMILES string of the molecule is Cc1cc([N+](=O)[O-])ccc1NC(=O)CN(C)Cc1ccc(Cl)c(Cl)c1. The molecule has 25 heavy (non-hydrogen) atoms.